The first-order valence-electron chi connectivity index (χ1n) is 4.09. The first-order chi connectivity index (χ1) is 6.25. The average Bonchev–Trinajstić information content (AvgIpc) is 2.15. The molecule has 0 unspecified atom stereocenters. The molecule has 0 bridgehead atoms. The third kappa shape index (κ3) is 2.44. The third-order valence-corrected chi connectivity index (χ3v) is 1.65. The number of hydrogen-bond donors (Lipinski definition) is 1. The van der Waals surface area contributed by atoms with E-state index in [-0.39, 0.29) is 5.82 Å². The smallest absolute Gasteiger partial charge is 0.132 e. The monoisotopic (exact) mass is 177 g/mol. The van der Waals surface area contributed by atoms with E-state index in [0.29, 0.717) is 11.3 Å². The second-order valence-electron chi connectivity index (χ2n) is 2.63. The Bertz CT molecular complexity index is 340. The summed E-state index contributed by atoms with van der Waals surface area (Å²) >= 11 is 0. The van der Waals surface area contributed by atoms with E-state index in [4.69, 9.17) is 5.73 Å². The van der Waals surface area contributed by atoms with Gasteiger partial charge in [0.05, 0.1) is 0 Å². The Morgan fingerprint density at radius 2 is 2.08 bits per heavy atom. The molecule has 1 aromatic rings. The van der Waals surface area contributed by atoms with Gasteiger partial charge in [0.1, 0.15) is 5.82 Å². The summed E-state index contributed by atoms with van der Waals surface area (Å²) in [6, 6.07) is 6.45. The van der Waals surface area contributed by atoms with E-state index in [9.17, 15) is 4.39 Å². The molecule has 2 N–H and O–H groups in total. The first kappa shape index (κ1) is 9.52. The minimum Gasteiger partial charge on any atom is -0.398 e. The van der Waals surface area contributed by atoms with E-state index in [1.165, 1.54) is 6.07 Å². The summed E-state index contributed by atoms with van der Waals surface area (Å²) in [4.78, 5) is 0. The van der Waals surface area contributed by atoms with Crippen molar-refractivity contribution in [3.63, 3.8) is 0 Å². The lowest BCUT2D eigenvalue weighted by Crippen LogP contribution is -1.98. The van der Waals surface area contributed by atoms with Crippen molar-refractivity contribution in [2.75, 3.05) is 0 Å². The molecule has 0 aliphatic rings. The highest BCUT2D eigenvalue weighted by Gasteiger charge is 2.00. The molecule has 1 aromatic carbocycles. The minimum absolute atomic E-state index is 0.291. The largest absolute Gasteiger partial charge is 0.398 e. The minimum atomic E-state index is -0.291. The molecule has 0 fully saturated rings. The molecule has 2 heteroatoms. The van der Waals surface area contributed by atoms with Gasteiger partial charge in [0.15, 0.2) is 0 Å². The number of rotatable bonds is 2. The van der Waals surface area contributed by atoms with Crippen molar-refractivity contribution in [3.8, 4) is 0 Å². The van der Waals surface area contributed by atoms with Gasteiger partial charge in [0, 0.05) is 11.3 Å². The Kier molecular flexibility index (Phi) is 3.26. The van der Waals surface area contributed by atoms with Crippen LogP contribution >= 0.6 is 0 Å². The maximum atomic E-state index is 13.1. The van der Waals surface area contributed by atoms with Gasteiger partial charge in [-0.2, -0.15) is 0 Å². The Hall–Kier alpha value is -1.57. The number of allylic oxidation sites excluding steroid dienone is 3. The first-order valence-corrected chi connectivity index (χ1v) is 4.09. The van der Waals surface area contributed by atoms with Crippen LogP contribution in [0.25, 0.3) is 5.70 Å². The molecule has 0 saturated carbocycles. The summed E-state index contributed by atoms with van der Waals surface area (Å²) in [5.74, 6) is -0.291. The zero-order valence-electron chi connectivity index (χ0n) is 7.50. The predicted molar refractivity (Wildman–Crippen MR) is 53.4 cm³/mol. The summed E-state index contributed by atoms with van der Waals surface area (Å²) in [5, 5.41) is 0. The van der Waals surface area contributed by atoms with Crippen molar-refractivity contribution in [2.24, 2.45) is 5.73 Å². The van der Waals surface area contributed by atoms with E-state index < -0.39 is 0 Å². The number of nitrogens with two attached hydrogens (primary N) is 1. The molecule has 0 saturated heterocycles. The van der Waals surface area contributed by atoms with E-state index in [2.05, 4.69) is 0 Å². The second kappa shape index (κ2) is 4.45. The zero-order valence-corrected chi connectivity index (χ0v) is 7.50. The van der Waals surface area contributed by atoms with Gasteiger partial charge < -0.3 is 5.73 Å². The van der Waals surface area contributed by atoms with Crippen LogP contribution in [0.15, 0.2) is 42.5 Å². The number of benzene rings is 1. The lowest BCUT2D eigenvalue weighted by Gasteiger charge is -2.00. The Labute approximate surface area is 77.4 Å². The van der Waals surface area contributed by atoms with Crippen molar-refractivity contribution >= 4 is 5.70 Å². The van der Waals surface area contributed by atoms with Crippen LogP contribution in [0.1, 0.15) is 12.5 Å². The molecule has 0 spiro atoms. The summed E-state index contributed by atoms with van der Waals surface area (Å²) in [7, 11) is 0. The molecule has 0 radical (unpaired) electrons. The van der Waals surface area contributed by atoms with Crippen LogP contribution in [-0.4, -0.2) is 0 Å². The van der Waals surface area contributed by atoms with Crippen LogP contribution in [0.4, 0.5) is 4.39 Å². The highest BCUT2D eigenvalue weighted by molar-refractivity contribution is 5.64. The Balaban J connectivity index is 3.01. The zero-order chi connectivity index (χ0) is 9.68. The summed E-state index contributed by atoms with van der Waals surface area (Å²) in [6.07, 6.45) is 5.30. The van der Waals surface area contributed by atoms with Crippen molar-refractivity contribution in [2.45, 2.75) is 6.92 Å². The Morgan fingerprint density at radius 1 is 1.38 bits per heavy atom. The van der Waals surface area contributed by atoms with E-state index in [1.54, 1.807) is 30.4 Å². The van der Waals surface area contributed by atoms with Crippen LogP contribution < -0.4 is 5.73 Å². The summed E-state index contributed by atoms with van der Waals surface area (Å²) in [6.45, 7) is 1.88. The van der Waals surface area contributed by atoms with Crippen molar-refractivity contribution in [3.05, 3.63) is 53.9 Å². The number of halogens is 1. The highest BCUT2D eigenvalue weighted by Crippen LogP contribution is 2.12. The van der Waals surface area contributed by atoms with E-state index in [0.717, 1.165) is 0 Å². The van der Waals surface area contributed by atoms with Gasteiger partial charge in [-0.1, -0.05) is 24.3 Å². The molecular weight excluding hydrogens is 165 g/mol. The molecule has 0 aliphatic carbocycles. The average molecular weight is 177 g/mol. The van der Waals surface area contributed by atoms with Crippen molar-refractivity contribution in [1.29, 1.82) is 0 Å². The molecule has 0 aromatic heterocycles. The highest BCUT2D eigenvalue weighted by atomic mass is 19.1. The second-order valence-corrected chi connectivity index (χ2v) is 2.63. The maximum Gasteiger partial charge on any atom is 0.132 e. The quantitative estimate of drug-likeness (QED) is 0.690. The molecule has 0 amide bonds. The van der Waals surface area contributed by atoms with Crippen LogP contribution in [0, 0.1) is 5.82 Å². The summed E-state index contributed by atoms with van der Waals surface area (Å²) in [5.41, 5.74) is 6.54. The van der Waals surface area contributed by atoms with Crippen LogP contribution in [0.2, 0.25) is 0 Å². The standard InChI is InChI=1S/C11H12FN/c1-2-3-8-11(13)9-6-4-5-7-10(9)12/h2-8H,13H2,1H3/b3-2+,11-8-. The van der Waals surface area contributed by atoms with Gasteiger partial charge in [-0.05, 0) is 25.1 Å². The van der Waals surface area contributed by atoms with Crippen molar-refractivity contribution in [1.82, 2.24) is 0 Å². The van der Waals surface area contributed by atoms with Gasteiger partial charge in [-0.25, -0.2) is 4.39 Å². The lowest BCUT2D eigenvalue weighted by molar-refractivity contribution is 0.624. The molecule has 0 aliphatic heterocycles. The van der Waals surface area contributed by atoms with Gasteiger partial charge in [0.2, 0.25) is 0 Å². The van der Waals surface area contributed by atoms with Crippen LogP contribution in [-0.2, 0) is 0 Å². The molecular formula is C11H12FN. The molecule has 1 nitrogen and oxygen atoms in total. The molecule has 0 heterocycles. The maximum absolute atomic E-state index is 13.1. The van der Waals surface area contributed by atoms with Gasteiger partial charge >= 0.3 is 0 Å². The molecule has 0 atom stereocenters. The van der Waals surface area contributed by atoms with Crippen molar-refractivity contribution < 1.29 is 4.39 Å². The molecule has 1 rings (SSSR count). The summed E-state index contributed by atoms with van der Waals surface area (Å²) < 4.78 is 13.1. The molecule has 13 heavy (non-hydrogen) atoms. The molecule has 68 valence electrons. The SMILES string of the molecule is C/C=C/C=C(\N)c1ccccc1F. The number of hydrogen-bond acceptors (Lipinski definition) is 1. The van der Waals surface area contributed by atoms with Gasteiger partial charge in [-0.3, -0.25) is 0 Å². The van der Waals surface area contributed by atoms with E-state index in [1.807, 2.05) is 13.0 Å². The van der Waals surface area contributed by atoms with E-state index >= 15 is 0 Å². The Morgan fingerprint density at radius 3 is 2.69 bits per heavy atom. The predicted octanol–water partition coefficient (Wildman–Crippen LogP) is 2.70. The fourth-order valence-electron chi connectivity index (χ4n) is 0.985. The normalized spacial score (nSPS) is 12.3. The van der Waals surface area contributed by atoms with Crippen LogP contribution in [0.3, 0.4) is 0 Å². The lowest BCUT2D eigenvalue weighted by atomic mass is 10.1. The van der Waals surface area contributed by atoms with Gasteiger partial charge in [0.25, 0.3) is 0 Å². The fraction of sp³-hybridized carbons (Fsp3) is 0.0909. The topological polar surface area (TPSA) is 26.0 Å². The third-order valence-electron chi connectivity index (χ3n) is 1.65. The van der Waals surface area contributed by atoms with Gasteiger partial charge in [-0.15, -0.1) is 0 Å². The fourth-order valence-corrected chi connectivity index (χ4v) is 0.985. The van der Waals surface area contributed by atoms with Crippen LogP contribution in [0.5, 0.6) is 0 Å².